The lowest BCUT2D eigenvalue weighted by Gasteiger charge is -2.14. The molecule has 5 nitrogen and oxygen atoms in total. The van der Waals surface area contributed by atoms with Gasteiger partial charge in [-0.05, 0) is 31.0 Å². The fraction of sp³-hybridized carbons (Fsp3) is 0.350. The van der Waals surface area contributed by atoms with E-state index in [0.717, 1.165) is 30.4 Å². The van der Waals surface area contributed by atoms with Gasteiger partial charge in [0.2, 0.25) is 0 Å². The maximum Gasteiger partial charge on any atom is 0.328 e. The molecule has 0 aliphatic carbocycles. The van der Waals surface area contributed by atoms with Crippen molar-refractivity contribution in [1.82, 2.24) is 9.55 Å². The average molecular weight is 405 g/mol. The predicted molar refractivity (Wildman–Crippen MR) is 110 cm³/mol. The summed E-state index contributed by atoms with van der Waals surface area (Å²) in [6.07, 6.45) is 4.31. The molecule has 3 rings (SSSR count). The van der Waals surface area contributed by atoms with E-state index in [1.54, 1.807) is 19.1 Å². The van der Waals surface area contributed by atoms with E-state index in [-0.39, 0.29) is 5.56 Å². The fourth-order valence-corrected chi connectivity index (χ4v) is 3.85. The van der Waals surface area contributed by atoms with E-state index in [0.29, 0.717) is 21.8 Å². The summed E-state index contributed by atoms with van der Waals surface area (Å²) in [7, 11) is 0. The van der Waals surface area contributed by atoms with Crippen molar-refractivity contribution < 1.29 is 9.53 Å². The maximum atomic E-state index is 13.1. The van der Waals surface area contributed by atoms with Crippen LogP contribution in [-0.4, -0.2) is 22.1 Å². The molecule has 7 heteroatoms. The van der Waals surface area contributed by atoms with Crippen molar-refractivity contribution >= 4 is 39.1 Å². The standard InChI is InChI=1S/C20H21ClN2O3S/c1-3-4-5-10-26-20(25)13(2)23-12-22-18-17(19(23)24)16(11-27-18)14-6-8-15(21)9-7-14/h6-9,11-13H,3-5,10H2,1-2H3/t13-/m0/s1. The van der Waals surface area contributed by atoms with Crippen LogP contribution in [0.3, 0.4) is 0 Å². The minimum absolute atomic E-state index is 0.246. The molecule has 0 spiro atoms. The first-order chi connectivity index (χ1) is 13.0. The molecule has 27 heavy (non-hydrogen) atoms. The molecule has 1 atom stereocenters. The normalized spacial score (nSPS) is 12.3. The monoisotopic (exact) mass is 404 g/mol. The summed E-state index contributed by atoms with van der Waals surface area (Å²) in [6, 6.07) is 6.57. The van der Waals surface area contributed by atoms with Crippen LogP contribution < -0.4 is 5.56 Å². The van der Waals surface area contributed by atoms with Crippen LogP contribution in [0.15, 0.2) is 40.8 Å². The van der Waals surface area contributed by atoms with Crippen molar-refractivity contribution in [2.75, 3.05) is 6.61 Å². The van der Waals surface area contributed by atoms with Crippen molar-refractivity contribution in [3.05, 3.63) is 51.3 Å². The Labute approximate surface area is 166 Å². The maximum absolute atomic E-state index is 13.1. The highest BCUT2D eigenvalue weighted by Crippen LogP contribution is 2.31. The minimum atomic E-state index is -0.728. The van der Waals surface area contributed by atoms with Crippen molar-refractivity contribution in [3.63, 3.8) is 0 Å². The number of fused-ring (bicyclic) bond motifs is 1. The Morgan fingerprint density at radius 3 is 2.74 bits per heavy atom. The molecule has 0 aliphatic rings. The summed E-state index contributed by atoms with van der Waals surface area (Å²) in [4.78, 5) is 30.4. The van der Waals surface area contributed by atoms with Gasteiger partial charge in [0.1, 0.15) is 10.9 Å². The van der Waals surface area contributed by atoms with E-state index in [2.05, 4.69) is 11.9 Å². The van der Waals surface area contributed by atoms with Crippen LogP contribution in [0, 0.1) is 0 Å². The van der Waals surface area contributed by atoms with Crippen molar-refractivity contribution in [3.8, 4) is 11.1 Å². The molecular formula is C20H21ClN2O3S. The first-order valence-corrected chi connectivity index (χ1v) is 10.2. The van der Waals surface area contributed by atoms with E-state index in [1.807, 2.05) is 17.5 Å². The van der Waals surface area contributed by atoms with E-state index in [4.69, 9.17) is 16.3 Å². The molecule has 2 aromatic heterocycles. The fourth-order valence-electron chi connectivity index (χ4n) is 2.82. The molecule has 0 aliphatic heterocycles. The SMILES string of the molecule is CCCCCOC(=O)[C@H](C)n1cnc2scc(-c3ccc(Cl)cc3)c2c1=O. The molecule has 2 heterocycles. The number of unbranched alkanes of at least 4 members (excludes halogenated alkanes) is 2. The highest BCUT2D eigenvalue weighted by atomic mass is 35.5. The number of ether oxygens (including phenoxy) is 1. The van der Waals surface area contributed by atoms with Crippen molar-refractivity contribution in [2.45, 2.75) is 39.2 Å². The third-order valence-corrected chi connectivity index (χ3v) is 5.56. The Morgan fingerprint density at radius 2 is 2.04 bits per heavy atom. The third kappa shape index (κ3) is 4.22. The van der Waals surface area contributed by atoms with Gasteiger partial charge in [0.05, 0.1) is 18.3 Å². The Balaban J connectivity index is 1.92. The summed E-state index contributed by atoms with van der Waals surface area (Å²) < 4.78 is 6.64. The highest BCUT2D eigenvalue weighted by molar-refractivity contribution is 7.17. The first-order valence-electron chi connectivity index (χ1n) is 8.93. The summed E-state index contributed by atoms with van der Waals surface area (Å²) in [5, 5.41) is 3.05. The Bertz CT molecular complexity index is 995. The second kappa shape index (κ2) is 8.67. The van der Waals surface area contributed by atoms with E-state index < -0.39 is 12.0 Å². The number of nitrogens with zero attached hydrogens (tertiary/aromatic N) is 2. The molecule has 0 unspecified atom stereocenters. The van der Waals surface area contributed by atoms with Crippen LogP contribution in [0.4, 0.5) is 0 Å². The number of thiophene rings is 1. The number of rotatable bonds is 7. The largest absolute Gasteiger partial charge is 0.464 e. The number of benzene rings is 1. The minimum Gasteiger partial charge on any atom is -0.464 e. The Kier molecular flexibility index (Phi) is 6.29. The number of hydrogen-bond donors (Lipinski definition) is 0. The lowest BCUT2D eigenvalue weighted by Crippen LogP contribution is -2.29. The molecular weight excluding hydrogens is 384 g/mol. The van der Waals surface area contributed by atoms with Gasteiger partial charge in [0.15, 0.2) is 0 Å². The molecule has 0 bridgehead atoms. The Morgan fingerprint density at radius 1 is 1.30 bits per heavy atom. The van der Waals surface area contributed by atoms with E-state index >= 15 is 0 Å². The molecule has 0 N–H and O–H groups in total. The van der Waals surface area contributed by atoms with Gasteiger partial charge in [-0.3, -0.25) is 9.36 Å². The smallest absolute Gasteiger partial charge is 0.328 e. The summed E-state index contributed by atoms with van der Waals surface area (Å²) in [5.41, 5.74) is 1.43. The molecule has 1 aromatic carbocycles. The van der Waals surface area contributed by atoms with Crippen LogP contribution >= 0.6 is 22.9 Å². The Hall–Kier alpha value is -2.18. The summed E-state index contributed by atoms with van der Waals surface area (Å²) in [5.74, 6) is -0.419. The molecule has 142 valence electrons. The summed E-state index contributed by atoms with van der Waals surface area (Å²) >= 11 is 7.36. The van der Waals surface area contributed by atoms with E-state index in [1.165, 1.54) is 22.2 Å². The number of aromatic nitrogens is 2. The number of esters is 1. The average Bonchev–Trinajstić information content (AvgIpc) is 3.10. The van der Waals surface area contributed by atoms with Gasteiger partial charge in [0.25, 0.3) is 5.56 Å². The zero-order valence-corrected chi connectivity index (χ0v) is 16.8. The van der Waals surface area contributed by atoms with Gasteiger partial charge >= 0.3 is 5.97 Å². The van der Waals surface area contributed by atoms with Gasteiger partial charge in [-0.15, -0.1) is 11.3 Å². The van der Waals surface area contributed by atoms with Crippen LogP contribution in [0.25, 0.3) is 21.3 Å². The predicted octanol–water partition coefficient (Wildman–Crippen LogP) is 5.07. The molecule has 0 fully saturated rings. The second-order valence-corrected chi connectivity index (χ2v) is 7.64. The van der Waals surface area contributed by atoms with Crippen molar-refractivity contribution in [1.29, 1.82) is 0 Å². The first kappa shape index (κ1) is 19.6. The van der Waals surface area contributed by atoms with E-state index in [9.17, 15) is 9.59 Å². The molecule has 0 saturated carbocycles. The zero-order valence-electron chi connectivity index (χ0n) is 15.3. The number of halogens is 1. The lowest BCUT2D eigenvalue weighted by atomic mass is 10.1. The zero-order chi connectivity index (χ0) is 19.4. The van der Waals surface area contributed by atoms with Crippen LogP contribution in [0.1, 0.15) is 39.2 Å². The topological polar surface area (TPSA) is 61.2 Å². The molecule has 0 radical (unpaired) electrons. The lowest BCUT2D eigenvalue weighted by molar-refractivity contribution is -0.147. The molecule has 3 aromatic rings. The highest BCUT2D eigenvalue weighted by Gasteiger charge is 2.21. The van der Waals surface area contributed by atoms with Crippen LogP contribution in [-0.2, 0) is 9.53 Å². The van der Waals surface area contributed by atoms with Gasteiger partial charge in [-0.25, -0.2) is 9.78 Å². The number of carbonyl (C=O) groups is 1. The second-order valence-electron chi connectivity index (χ2n) is 6.34. The third-order valence-electron chi connectivity index (χ3n) is 4.43. The van der Waals surface area contributed by atoms with Gasteiger partial charge in [-0.2, -0.15) is 0 Å². The molecule has 0 saturated heterocycles. The van der Waals surface area contributed by atoms with Crippen molar-refractivity contribution in [2.24, 2.45) is 0 Å². The van der Waals surface area contributed by atoms with Crippen LogP contribution in [0.2, 0.25) is 5.02 Å². The van der Waals surface area contributed by atoms with Gasteiger partial charge < -0.3 is 4.74 Å². The van der Waals surface area contributed by atoms with Gasteiger partial charge in [0, 0.05) is 16.0 Å². The van der Waals surface area contributed by atoms with Crippen LogP contribution in [0.5, 0.6) is 0 Å². The number of hydrogen-bond acceptors (Lipinski definition) is 5. The summed E-state index contributed by atoms with van der Waals surface area (Å²) in [6.45, 7) is 4.12. The quantitative estimate of drug-likeness (QED) is 0.407. The molecule has 0 amide bonds. The number of carbonyl (C=O) groups excluding carboxylic acids is 1. The van der Waals surface area contributed by atoms with Gasteiger partial charge in [-0.1, -0.05) is 43.5 Å².